The Hall–Kier alpha value is -3.12. The molecule has 2 fully saturated rings. The van der Waals surface area contributed by atoms with Crippen LogP contribution in [-0.2, 0) is 17.4 Å². The number of ether oxygens (including phenoxy) is 1. The molecule has 2 bridgehead atoms. The zero-order valence-corrected chi connectivity index (χ0v) is 18.1. The van der Waals surface area contributed by atoms with Crippen molar-refractivity contribution < 1.29 is 14.6 Å². The molecule has 2 aliphatic heterocycles. The van der Waals surface area contributed by atoms with E-state index in [9.17, 15) is 9.90 Å². The number of amides is 1. The number of hydrogen-bond acceptors (Lipinski definition) is 4. The van der Waals surface area contributed by atoms with Crippen molar-refractivity contribution in [1.82, 2.24) is 14.5 Å². The monoisotopic (exact) mass is 429 g/mol. The van der Waals surface area contributed by atoms with Crippen molar-refractivity contribution in [3.8, 4) is 11.1 Å². The molecule has 0 spiro atoms. The summed E-state index contributed by atoms with van der Waals surface area (Å²) in [7, 11) is 1.90. The average Bonchev–Trinajstić information content (AvgIpc) is 3.45. The molecule has 32 heavy (non-hydrogen) atoms. The van der Waals surface area contributed by atoms with Crippen LogP contribution in [0, 0.1) is 0 Å². The quantitative estimate of drug-likeness (QED) is 0.678. The molecule has 0 saturated carbocycles. The van der Waals surface area contributed by atoms with E-state index in [4.69, 9.17) is 4.74 Å². The second kappa shape index (κ2) is 7.20. The molecule has 1 N–H and O–H groups in total. The predicted octanol–water partition coefficient (Wildman–Crippen LogP) is 4.18. The van der Waals surface area contributed by atoms with Gasteiger partial charge in [-0.15, -0.1) is 0 Å². The standard InChI is InChI=1S/C26H27N3O3/c1-28-13-12-27-24(28)26(31)14-17-10-11-18(15-26)29(17)25(30)32-16-23-21-8-4-2-6-19(21)20-7-3-5-9-22(20)23/h2-9,12-13,17-18,23,31H,10-11,14-16H2,1H3. The second-order valence-electron chi connectivity index (χ2n) is 9.40. The molecule has 3 heterocycles. The maximum atomic E-state index is 13.2. The van der Waals surface area contributed by atoms with Gasteiger partial charge in [-0.25, -0.2) is 9.78 Å². The summed E-state index contributed by atoms with van der Waals surface area (Å²) in [4.78, 5) is 19.5. The fourth-order valence-corrected chi connectivity index (χ4v) is 6.19. The molecule has 6 heteroatoms. The molecule has 3 aromatic rings. The highest BCUT2D eigenvalue weighted by Gasteiger charge is 2.52. The predicted molar refractivity (Wildman–Crippen MR) is 120 cm³/mol. The lowest BCUT2D eigenvalue weighted by Gasteiger charge is -2.42. The Kier molecular flexibility index (Phi) is 4.40. The summed E-state index contributed by atoms with van der Waals surface area (Å²) < 4.78 is 7.80. The Morgan fingerprint density at radius 1 is 1.06 bits per heavy atom. The van der Waals surface area contributed by atoms with E-state index in [0.29, 0.717) is 25.3 Å². The van der Waals surface area contributed by atoms with E-state index in [-0.39, 0.29) is 24.1 Å². The molecule has 2 saturated heterocycles. The maximum Gasteiger partial charge on any atom is 0.410 e. The van der Waals surface area contributed by atoms with Crippen LogP contribution in [0.5, 0.6) is 0 Å². The Morgan fingerprint density at radius 3 is 2.22 bits per heavy atom. The smallest absolute Gasteiger partial charge is 0.410 e. The number of aliphatic hydroxyl groups is 1. The fourth-order valence-electron chi connectivity index (χ4n) is 6.19. The lowest BCUT2D eigenvalue weighted by atomic mass is 9.85. The van der Waals surface area contributed by atoms with Gasteiger partial charge in [-0.1, -0.05) is 48.5 Å². The minimum absolute atomic E-state index is 0.0221. The average molecular weight is 430 g/mol. The first-order valence-electron chi connectivity index (χ1n) is 11.4. The van der Waals surface area contributed by atoms with Crippen LogP contribution >= 0.6 is 0 Å². The Morgan fingerprint density at radius 2 is 1.66 bits per heavy atom. The molecular formula is C26H27N3O3. The molecule has 3 aliphatic rings. The van der Waals surface area contributed by atoms with Gasteiger partial charge >= 0.3 is 6.09 Å². The normalized spacial score (nSPS) is 26.1. The molecule has 1 aliphatic carbocycles. The number of nitrogens with zero attached hydrogens (tertiary/aromatic N) is 3. The van der Waals surface area contributed by atoms with E-state index in [0.717, 1.165) is 12.8 Å². The van der Waals surface area contributed by atoms with Gasteiger partial charge in [0.25, 0.3) is 0 Å². The number of aromatic nitrogens is 2. The van der Waals surface area contributed by atoms with E-state index in [1.807, 2.05) is 34.8 Å². The highest BCUT2D eigenvalue weighted by molar-refractivity contribution is 5.79. The van der Waals surface area contributed by atoms with Crippen molar-refractivity contribution in [3.63, 3.8) is 0 Å². The van der Waals surface area contributed by atoms with E-state index in [1.165, 1.54) is 22.3 Å². The molecule has 1 aromatic heterocycles. The van der Waals surface area contributed by atoms with Gasteiger partial charge in [-0.2, -0.15) is 0 Å². The summed E-state index contributed by atoms with van der Waals surface area (Å²) in [6, 6.07) is 16.7. The molecule has 2 atom stereocenters. The van der Waals surface area contributed by atoms with E-state index in [2.05, 4.69) is 41.4 Å². The Balaban J connectivity index is 1.19. The van der Waals surface area contributed by atoms with Crippen LogP contribution in [0.15, 0.2) is 60.9 Å². The van der Waals surface area contributed by atoms with Gasteiger partial charge < -0.3 is 19.3 Å². The summed E-state index contributed by atoms with van der Waals surface area (Å²) in [5, 5.41) is 11.4. The highest BCUT2D eigenvalue weighted by atomic mass is 16.6. The van der Waals surface area contributed by atoms with Crippen LogP contribution in [0.3, 0.4) is 0 Å². The number of piperidine rings is 1. The van der Waals surface area contributed by atoms with Crippen molar-refractivity contribution in [3.05, 3.63) is 77.9 Å². The summed E-state index contributed by atoms with van der Waals surface area (Å²) in [5.41, 5.74) is 3.88. The van der Waals surface area contributed by atoms with Crippen molar-refractivity contribution >= 4 is 6.09 Å². The highest BCUT2D eigenvalue weighted by Crippen LogP contribution is 2.47. The third-order valence-electron chi connectivity index (χ3n) is 7.55. The van der Waals surface area contributed by atoms with Gasteiger partial charge in [0.15, 0.2) is 0 Å². The fraction of sp³-hybridized carbons (Fsp3) is 0.385. The zero-order valence-electron chi connectivity index (χ0n) is 18.1. The van der Waals surface area contributed by atoms with Gasteiger partial charge in [-0.3, -0.25) is 0 Å². The minimum atomic E-state index is -0.996. The molecule has 0 radical (unpaired) electrons. The number of aryl methyl sites for hydroxylation is 1. The second-order valence-corrected chi connectivity index (χ2v) is 9.40. The zero-order chi connectivity index (χ0) is 21.9. The van der Waals surface area contributed by atoms with Crippen molar-refractivity contribution in [2.75, 3.05) is 6.61 Å². The van der Waals surface area contributed by atoms with Gasteiger partial charge in [0.1, 0.15) is 18.0 Å². The minimum Gasteiger partial charge on any atom is -0.448 e. The van der Waals surface area contributed by atoms with Gasteiger partial charge in [0, 0.05) is 50.3 Å². The molecule has 6 rings (SSSR count). The first kappa shape index (κ1) is 19.6. The van der Waals surface area contributed by atoms with Crippen molar-refractivity contribution in [1.29, 1.82) is 0 Å². The Labute approximate surface area is 187 Å². The van der Waals surface area contributed by atoms with E-state index >= 15 is 0 Å². The molecule has 2 unspecified atom stereocenters. The van der Waals surface area contributed by atoms with Crippen LogP contribution in [0.4, 0.5) is 4.79 Å². The van der Waals surface area contributed by atoms with Crippen molar-refractivity contribution in [2.24, 2.45) is 7.05 Å². The van der Waals surface area contributed by atoms with Crippen LogP contribution < -0.4 is 0 Å². The molecule has 1 amide bonds. The van der Waals surface area contributed by atoms with Crippen LogP contribution in [0.1, 0.15) is 48.6 Å². The number of imidazole rings is 1. The molecule has 2 aromatic carbocycles. The summed E-state index contributed by atoms with van der Waals surface area (Å²) in [6.07, 6.45) is 6.09. The van der Waals surface area contributed by atoms with E-state index in [1.54, 1.807) is 6.20 Å². The summed E-state index contributed by atoms with van der Waals surface area (Å²) >= 11 is 0. The summed E-state index contributed by atoms with van der Waals surface area (Å²) in [5.74, 6) is 0.736. The molecule has 6 nitrogen and oxygen atoms in total. The Bertz CT molecular complexity index is 1130. The lowest BCUT2D eigenvalue weighted by Crippen LogP contribution is -2.52. The first-order chi connectivity index (χ1) is 15.5. The number of hydrogen-bond donors (Lipinski definition) is 1. The van der Waals surface area contributed by atoms with Gasteiger partial charge in [-0.05, 0) is 35.1 Å². The number of benzene rings is 2. The van der Waals surface area contributed by atoms with Crippen LogP contribution in [0.25, 0.3) is 11.1 Å². The topological polar surface area (TPSA) is 67.6 Å². The summed E-state index contributed by atoms with van der Waals surface area (Å²) in [6.45, 7) is 0.326. The SMILES string of the molecule is Cn1ccnc1C1(O)CC2CCC(C1)N2C(=O)OCC1c2ccccc2-c2ccccc21. The third kappa shape index (κ3) is 2.89. The third-order valence-corrected chi connectivity index (χ3v) is 7.55. The number of carbonyl (C=O) groups is 1. The van der Waals surface area contributed by atoms with Crippen LogP contribution in [0.2, 0.25) is 0 Å². The number of carbonyl (C=O) groups excluding carboxylic acids is 1. The largest absolute Gasteiger partial charge is 0.448 e. The van der Waals surface area contributed by atoms with Crippen LogP contribution in [-0.4, -0.2) is 44.3 Å². The van der Waals surface area contributed by atoms with Crippen molar-refractivity contribution in [2.45, 2.75) is 49.3 Å². The van der Waals surface area contributed by atoms with E-state index < -0.39 is 5.60 Å². The number of fused-ring (bicyclic) bond motifs is 5. The lowest BCUT2D eigenvalue weighted by molar-refractivity contribution is -0.0604. The maximum absolute atomic E-state index is 13.2. The van der Waals surface area contributed by atoms with Gasteiger partial charge in [0.2, 0.25) is 0 Å². The number of rotatable bonds is 3. The first-order valence-corrected chi connectivity index (χ1v) is 11.4. The molecule has 164 valence electrons. The van der Waals surface area contributed by atoms with Gasteiger partial charge in [0.05, 0.1) is 0 Å². The molecular weight excluding hydrogens is 402 g/mol.